The number of hydrogen-bond acceptors (Lipinski definition) is 12. The average molecular weight is 925 g/mol. The van der Waals surface area contributed by atoms with Gasteiger partial charge in [-0.1, -0.05) is 35.1 Å². The van der Waals surface area contributed by atoms with Crippen LogP contribution in [0.1, 0.15) is 24.0 Å². The van der Waals surface area contributed by atoms with E-state index in [0.29, 0.717) is 23.2 Å². The second-order valence-electron chi connectivity index (χ2n) is 12.8. The average Bonchev–Trinajstić information content (AvgIpc) is 3.83. The summed E-state index contributed by atoms with van der Waals surface area (Å²) in [5.74, 6) is -7.05. The molecule has 1 atom stereocenters. The minimum atomic E-state index is -5.08. The quantitative estimate of drug-likeness (QED) is 0.0932. The molecule has 2 aromatic carbocycles. The minimum absolute atomic E-state index is 0.0253. The summed E-state index contributed by atoms with van der Waals surface area (Å²) < 4.78 is 96.4. The van der Waals surface area contributed by atoms with Crippen molar-refractivity contribution in [1.29, 1.82) is 0 Å². The third-order valence-electron chi connectivity index (χ3n) is 8.16. The van der Waals surface area contributed by atoms with Crippen LogP contribution in [0.4, 0.5) is 73.5 Å². The Hall–Kier alpha value is -6.50. The molecule has 0 aliphatic carbocycles. The number of alkyl halides is 9. The number of carboxylic acid groups (broad SMARTS) is 3. The zero-order valence-electron chi connectivity index (χ0n) is 31.1. The Balaban J connectivity index is 0.000000333. The molecule has 5 heterocycles. The molecule has 6 N–H and O–H groups in total. The van der Waals surface area contributed by atoms with Gasteiger partial charge in [-0.3, -0.25) is 9.78 Å². The first kappa shape index (κ1) is 48.2. The van der Waals surface area contributed by atoms with Crippen LogP contribution in [0.3, 0.4) is 0 Å². The normalized spacial score (nSPS) is 14.5. The molecule has 7 rings (SSSR count). The number of carboxylic acids is 3. The van der Waals surface area contributed by atoms with Gasteiger partial charge < -0.3 is 36.2 Å². The van der Waals surface area contributed by atoms with E-state index in [0.717, 1.165) is 71.2 Å². The highest BCUT2D eigenvalue weighted by atomic mass is 35.5. The van der Waals surface area contributed by atoms with Crippen LogP contribution in [0.25, 0.3) is 10.2 Å². The smallest absolute Gasteiger partial charge is 0.475 e. The highest BCUT2D eigenvalue weighted by molar-refractivity contribution is 7.22. The lowest BCUT2D eigenvalue weighted by molar-refractivity contribution is -0.193. The number of benzene rings is 2. The summed E-state index contributed by atoms with van der Waals surface area (Å²) in [5.41, 5.74) is 5.56. The number of amides is 1. The molecular weight excluding hydrogens is 895 g/mol. The Morgan fingerprint density at radius 3 is 2.05 bits per heavy atom. The lowest BCUT2D eigenvalue weighted by atomic mass is 10.0. The van der Waals surface area contributed by atoms with Gasteiger partial charge in [0.05, 0.1) is 28.3 Å². The lowest BCUT2D eigenvalue weighted by Crippen LogP contribution is -2.22. The van der Waals surface area contributed by atoms with Gasteiger partial charge in [0.25, 0.3) is 0 Å². The number of rotatable bonds is 4. The summed E-state index contributed by atoms with van der Waals surface area (Å²) >= 11 is 8.11. The summed E-state index contributed by atoms with van der Waals surface area (Å²) in [6.07, 6.45) is -7.17. The number of aryl methyl sites for hydroxylation is 2. The van der Waals surface area contributed by atoms with Crippen molar-refractivity contribution >= 4 is 90.9 Å². The Kier molecular flexibility index (Phi) is 15.8. The number of para-hydroxylation sites is 1. The van der Waals surface area contributed by atoms with E-state index in [9.17, 15) is 44.3 Å². The van der Waals surface area contributed by atoms with Gasteiger partial charge in [0.1, 0.15) is 5.02 Å². The SMILES string of the molecule is O=C(C[C@H]1CCN(c2nc3ccccc3s2)C1)Nc1ccc2cc1CCc1cncc(c1)Nc1ncc(Cl)c(n1)N2.O=C(O)C(F)(F)F.O=C(O)C(F)(F)F.O=C(O)C(F)(F)F. The standard InChI is InChI=1S/C30H27ClN8OS.3C2HF3O2/c31-23-16-33-29-35-22-11-18(14-32-15-22)5-6-20-13-21(34-28(23)38-29)7-8-24(20)36-27(40)12-19-9-10-39(17-19)30-37-25-3-1-2-4-26(25)41-30;3*3-2(4,5)1(6)7/h1-4,7-8,11,13-16,19H,5-6,9-10,12,17H2,(H,36,40)(H2,33,34,35,38);3*(H,6,7)/t19-;;;/m1.../s1. The molecule has 0 spiro atoms. The van der Waals surface area contributed by atoms with Gasteiger partial charge in [-0.15, -0.1) is 0 Å². The van der Waals surface area contributed by atoms with Crippen LogP contribution in [-0.4, -0.2) is 90.7 Å². The number of carbonyl (C=O) groups excluding carboxylic acids is 1. The molecule has 0 unspecified atom stereocenters. The van der Waals surface area contributed by atoms with Crippen LogP contribution in [0, 0.1) is 5.92 Å². The van der Waals surface area contributed by atoms with Crippen molar-refractivity contribution in [3.8, 4) is 0 Å². The van der Waals surface area contributed by atoms with E-state index >= 15 is 0 Å². The third kappa shape index (κ3) is 14.6. The number of nitrogens with one attached hydrogen (secondary N) is 3. The molecule has 15 nitrogen and oxygen atoms in total. The van der Waals surface area contributed by atoms with E-state index < -0.39 is 36.4 Å². The molecule has 1 fully saturated rings. The molecule has 5 aromatic rings. The molecule has 2 aliphatic heterocycles. The summed E-state index contributed by atoms with van der Waals surface area (Å²) in [7, 11) is 0. The van der Waals surface area contributed by atoms with E-state index in [4.69, 9.17) is 46.3 Å². The van der Waals surface area contributed by atoms with Gasteiger partial charge in [-0.05, 0) is 72.7 Å². The predicted molar refractivity (Wildman–Crippen MR) is 206 cm³/mol. The van der Waals surface area contributed by atoms with Gasteiger partial charge >= 0.3 is 36.4 Å². The van der Waals surface area contributed by atoms with E-state index in [-0.39, 0.29) is 11.8 Å². The first-order chi connectivity index (χ1) is 28.9. The molecular formula is C36H30ClF9N8O7S. The number of fused-ring (bicyclic) bond motifs is 7. The van der Waals surface area contributed by atoms with Crippen LogP contribution < -0.4 is 20.9 Å². The maximum atomic E-state index is 13.2. The van der Waals surface area contributed by atoms with E-state index in [1.165, 1.54) is 4.70 Å². The first-order valence-electron chi connectivity index (χ1n) is 17.3. The number of aromatic nitrogens is 4. The van der Waals surface area contributed by atoms with Crippen LogP contribution in [0.15, 0.2) is 67.1 Å². The van der Waals surface area contributed by atoms with E-state index in [1.807, 2.05) is 48.7 Å². The van der Waals surface area contributed by atoms with Crippen molar-refractivity contribution in [1.82, 2.24) is 19.9 Å². The Bertz CT molecular complexity index is 2310. The molecule has 332 valence electrons. The molecule has 0 radical (unpaired) electrons. The van der Waals surface area contributed by atoms with Crippen LogP contribution in [0.5, 0.6) is 0 Å². The van der Waals surface area contributed by atoms with E-state index in [2.05, 4.69) is 41.9 Å². The molecule has 1 amide bonds. The fourth-order valence-electron chi connectivity index (χ4n) is 5.38. The second-order valence-corrected chi connectivity index (χ2v) is 14.2. The number of pyridine rings is 1. The highest BCUT2D eigenvalue weighted by Gasteiger charge is 2.39. The van der Waals surface area contributed by atoms with Crippen molar-refractivity contribution in [3.05, 3.63) is 83.3 Å². The van der Waals surface area contributed by atoms with Crippen LogP contribution in [0.2, 0.25) is 5.02 Å². The number of aliphatic carboxylic acids is 3. The summed E-state index contributed by atoms with van der Waals surface area (Å²) in [6, 6.07) is 16.2. The first-order valence-corrected chi connectivity index (χ1v) is 18.5. The highest BCUT2D eigenvalue weighted by Crippen LogP contribution is 2.34. The van der Waals surface area contributed by atoms with Gasteiger partial charge in [-0.25, -0.2) is 24.4 Å². The minimum Gasteiger partial charge on any atom is -0.475 e. The number of hydrogen-bond donors (Lipinski definition) is 6. The predicted octanol–water partition coefficient (Wildman–Crippen LogP) is 8.48. The van der Waals surface area contributed by atoms with Crippen LogP contribution in [-0.2, 0) is 32.0 Å². The molecule has 26 heteroatoms. The number of halogens is 10. The summed E-state index contributed by atoms with van der Waals surface area (Å²) in [4.78, 5) is 60.2. The zero-order valence-corrected chi connectivity index (χ0v) is 32.6. The summed E-state index contributed by atoms with van der Waals surface area (Å²) in [5, 5.41) is 32.5. The van der Waals surface area contributed by atoms with Gasteiger partial charge in [0.2, 0.25) is 11.9 Å². The molecule has 62 heavy (non-hydrogen) atoms. The lowest BCUT2D eigenvalue weighted by Gasteiger charge is -2.16. The van der Waals surface area contributed by atoms with Crippen molar-refractivity contribution in [2.45, 2.75) is 44.2 Å². The third-order valence-corrected chi connectivity index (χ3v) is 9.53. The summed E-state index contributed by atoms with van der Waals surface area (Å²) in [6.45, 7) is 1.75. The molecule has 2 aliphatic rings. The molecule has 3 aromatic heterocycles. The zero-order chi connectivity index (χ0) is 46.0. The van der Waals surface area contributed by atoms with Crippen molar-refractivity contribution in [2.75, 3.05) is 33.9 Å². The number of nitrogens with zero attached hydrogens (tertiary/aromatic N) is 5. The molecule has 1 saturated heterocycles. The topological polar surface area (TPSA) is 220 Å². The molecule has 0 saturated carbocycles. The van der Waals surface area contributed by atoms with Crippen molar-refractivity contribution in [2.24, 2.45) is 5.92 Å². The fourth-order valence-corrected chi connectivity index (χ4v) is 6.52. The number of carbonyl (C=O) groups is 4. The fraction of sp³-hybridized carbons (Fsp3) is 0.278. The van der Waals surface area contributed by atoms with Crippen molar-refractivity contribution < 1.29 is 74.0 Å². The van der Waals surface area contributed by atoms with E-state index in [1.54, 1.807) is 23.7 Å². The molecule has 6 bridgehead atoms. The Labute approximate surface area is 351 Å². The maximum Gasteiger partial charge on any atom is 0.490 e. The number of anilines is 6. The number of thiazole rings is 1. The van der Waals surface area contributed by atoms with Gasteiger partial charge in [0.15, 0.2) is 10.9 Å². The Morgan fingerprint density at radius 2 is 1.44 bits per heavy atom. The van der Waals surface area contributed by atoms with Gasteiger partial charge in [0, 0.05) is 37.1 Å². The van der Waals surface area contributed by atoms with Crippen molar-refractivity contribution in [3.63, 3.8) is 0 Å². The maximum absolute atomic E-state index is 13.2. The monoisotopic (exact) mass is 924 g/mol. The second kappa shape index (κ2) is 20.4. The largest absolute Gasteiger partial charge is 0.490 e. The van der Waals surface area contributed by atoms with Crippen LogP contribution >= 0.6 is 22.9 Å². The Morgan fingerprint density at radius 1 is 0.806 bits per heavy atom. The van der Waals surface area contributed by atoms with Gasteiger partial charge in [-0.2, -0.15) is 44.5 Å².